The van der Waals surface area contributed by atoms with Crippen LogP contribution in [0.3, 0.4) is 0 Å². The molecule has 2 aromatic rings. The van der Waals surface area contributed by atoms with Crippen LogP contribution in [0.4, 0.5) is 18.9 Å². The quantitative estimate of drug-likeness (QED) is 0.590. The van der Waals surface area contributed by atoms with Gasteiger partial charge in [0, 0.05) is 35.9 Å². The largest absolute Gasteiger partial charge is 0.416 e. The van der Waals surface area contributed by atoms with E-state index in [1.54, 1.807) is 18.5 Å². The lowest BCUT2D eigenvalue weighted by Crippen LogP contribution is -2.35. The van der Waals surface area contributed by atoms with Gasteiger partial charge in [0.25, 0.3) is 0 Å². The van der Waals surface area contributed by atoms with E-state index in [-0.39, 0.29) is 5.16 Å². The summed E-state index contributed by atoms with van der Waals surface area (Å²) in [4.78, 5) is 4.13. The van der Waals surface area contributed by atoms with Crippen LogP contribution in [0.15, 0.2) is 53.5 Å². The van der Waals surface area contributed by atoms with E-state index in [0.717, 1.165) is 43.4 Å². The van der Waals surface area contributed by atoms with Gasteiger partial charge in [0.2, 0.25) is 0 Å². The van der Waals surface area contributed by atoms with Crippen LogP contribution in [0.5, 0.6) is 0 Å². The van der Waals surface area contributed by atoms with Gasteiger partial charge >= 0.3 is 6.18 Å². The van der Waals surface area contributed by atoms with Crippen LogP contribution >= 0.6 is 7.21 Å². The second kappa shape index (κ2) is 7.40. The van der Waals surface area contributed by atoms with E-state index in [2.05, 4.69) is 30.4 Å². The second-order valence-electron chi connectivity index (χ2n) is 7.79. The maximum Gasteiger partial charge on any atom is 0.416 e. The Kier molecular flexibility index (Phi) is 5.51. The summed E-state index contributed by atoms with van der Waals surface area (Å²) in [7, 11) is -2.32. The number of rotatable bonds is 3. The minimum absolute atomic E-state index is 0.229. The van der Waals surface area contributed by atoms with Crippen molar-refractivity contribution in [2.45, 2.75) is 44.9 Å². The predicted octanol–water partition coefficient (Wildman–Crippen LogP) is 6.07. The van der Waals surface area contributed by atoms with Gasteiger partial charge in [0.1, 0.15) is 0 Å². The minimum Gasteiger partial charge on any atom is -0.265 e. The molecule has 0 bridgehead atoms. The Balaban J connectivity index is 2.28. The topological polar surface area (TPSA) is 28.5 Å². The molecule has 2 heterocycles. The van der Waals surface area contributed by atoms with Crippen LogP contribution in [0.2, 0.25) is 0 Å². The average Bonchev–Trinajstić information content (AvgIpc) is 3.13. The lowest BCUT2D eigenvalue weighted by molar-refractivity contribution is -0.137. The number of hydrogen-bond donors (Lipinski definition) is 0. The molecule has 1 aromatic heterocycles. The highest BCUT2D eigenvalue weighted by Gasteiger charge is 2.42. The third kappa shape index (κ3) is 3.97. The highest BCUT2D eigenvalue weighted by molar-refractivity contribution is 7.73. The first kappa shape index (κ1) is 20.1. The number of pyridine rings is 1. The van der Waals surface area contributed by atoms with Crippen LogP contribution in [0.25, 0.3) is 0 Å². The van der Waals surface area contributed by atoms with Crippen molar-refractivity contribution in [3.05, 3.63) is 54.4 Å². The summed E-state index contributed by atoms with van der Waals surface area (Å²) in [6.07, 6.45) is 1.28. The van der Waals surface area contributed by atoms with E-state index in [0.29, 0.717) is 5.69 Å². The van der Waals surface area contributed by atoms with Gasteiger partial charge in [-0.05, 0) is 43.2 Å². The summed E-state index contributed by atoms with van der Waals surface area (Å²) in [5, 5.41) is 0.830. The highest BCUT2D eigenvalue weighted by atomic mass is 31.2. The van der Waals surface area contributed by atoms with Crippen LogP contribution in [-0.4, -0.2) is 27.9 Å². The van der Waals surface area contributed by atoms with Crippen molar-refractivity contribution < 1.29 is 13.2 Å². The average molecular weight is 395 g/mol. The first-order valence-electron chi connectivity index (χ1n) is 9.10. The molecule has 0 amide bonds. The number of halogens is 3. The minimum atomic E-state index is -4.38. The summed E-state index contributed by atoms with van der Waals surface area (Å²) in [6.45, 7) is 8.23. The fraction of sp³-hybridized carbons (Fsp3) is 0.450. The highest BCUT2D eigenvalue weighted by Crippen LogP contribution is 2.64. The summed E-state index contributed by atoms with van der Waals surface area (Å²) in [6, 6.07) is 9.31. The Hall–Kier alpha value is -1.65. The molecule has 146 valence electrons. The molecule has 1 aromatic carbocycles. The molecular formula is C20H25F3N3P. The predicted molar refractivity (Wildman–Crippen MR) is 105 cm³/mol. The zero-order valence-corrected chi connectivity index (χ0v) is 16.8. The Morgan fingerprint density at radius 3 is 2.19 bits per heavy atom. The summed E-state index contributed by atoms with van der Waals surface area (Å²) >= 11 is 0. The van der Waals surface area contributed by atoms with E-state index in [4.69, 9.17) is 4.74 Å². The maximum atomic E-state index is 13.2. The third-order valence-electron chi connectivity index (χ3n) is 4.88. The van der Waals surface area contributed by atoms with Crippen molar-refractivity contribution in [1.82, 2.24) is 9.65 Å². The van der Waals surface area contributed by atoms with E-state index < -0.39 is 18.9 Å². The molecule has 0 aliphatic carbocycles. The molecule has 27 heavy (non-hydrogen) atoms. The molecule has 0 N–H and O–H groups in total. The lowest BCUT2D eigenvalue weighted by atomic mass is 10.2. The Morgan fingerprint density at radius 1 is 1.00 bits per heavy atom. The lowest BCUT2D eigenvalue weighted by Gasteiger charge is -2.44. The molecule has 7 heteroatoms. The molecule has 0 radical (unpaired) electrons. The normalized spacial score (nSPS) is 18.3. The monoisotopic (exact) mass is 395 g/mol. The van der Waals surface area contributed by atoms with Crippen LogP contribution < -0.4 is 5.30 Å². The fourth-order valence-corrected chi connectivity index (χ4v) is 8.06. The van der Waals surface area contributed by atoms with Gasteiger partial charge in [0.05, 0.1) is 18.5 Å². The van der Waals surface area contributed by atoms with Gasteiger partial charge in [-0.15, -0.1) is 0 Å². The SMILES string of the molecule is CC(C)(C)[P@@](=Nc1cccc(C(F)(F)F)c1)(c1ccncc1)N1CCCC1. The second-order valence-corrected chi connectivity index (χ2v) is 11.6. The van der Waals surface area contributed by atoms with Gasteiger partial charge in [0.15, 0.2) is 0 Å². The molecule has 3 nitrogen and oxygen atoms in total. The van der Waals surface area contributed by atoms with Crippen molar-refractivity contribution in [2.75, 3.05) is 13.1 Å². The molecule has 1 aliphatic heterocycles. The van der Waals surface area contributed by atoms with Gasteiger partial charge in [-0.25, -0.2) is 4.74 Å². The molecule has 1 saturated heterocycles. The third-order valence-corrected chi connectivity index (χ3v) is 9.51. The number of aromatic nitrogens is 1. The smallest absolute Gasteiger partial charge is 0.265 e. The standard InChI is InChI=1S/C20H25F3N3P/c1-19(2,3)27(26-13-4-5-14-26,18-9-11-24-12-10-18)25-17-8-6-7-16(15-17)20(21,22)23/h6-12,15H,4-5,13-14H2,1-3H3/t27-/m1/s1. The zero-order chi connectivity index (χ0) is 19.7. The molecule has 0 spiro atoms. The first-order chi connectivity index (χ1) is 12.6. The van der Waals surface area contributed by atoms with Crippen molar-refractivity contribution in [3.8, 4) is 0 Å². The van der Waals surface area contributed by atoms with Gasteiger partial charge in [-0.2, -0.15) is 13.2 Å². The van der Waals surface area contributed by atoms with Crippen molar-refractivity contribution in [3.63, 3.8) is 0 Å². The zero-order valence-electron chi connectivity index (χ0n) is 15.9. The number of hydrogen-bond acceptors (Lipinski definition) is 2. The molecule has 0 saturated carbocycles. The van der Waals surface area contributed by atoms with E-state index >= 15 is 0 Å². The van der Waals surface area contributed by atoms with E-state index in [1.165, 1.54) is 6.07 Å². The molecule has 1 aliphatic rings. The van der Waals surface area contributed by atoms with Gasteiger partial charge in [-0.1, -0.05) is 26.8 Å². The Morgan fingerprint density at radius 2 is 1.63 bits per heavy atom. The van der Waals surface area contributed by atoms with E-state index in [9.17, 15) is 13.2 Å². The number of alkyl halides is 3. The van der Waals surface area contributed by atoms with E-state index in [1.807, 2.05) is 12.1 Å². The molecule has 1 atom stereocenters. The fourth-order valence-electron chi connectivity index (χ4n) is 3.70. The van der Waals surface area contributed by atoms with Crippen molar-refractivity contribution in [1.29, 1.82) is 0 Å². The first-order valence-corrected chi connectivity index (χ1v) is 10.8. The van der Waals surface area contributed by atoms with Crippen molar-refractivity contribution in [2.24, 2.45) is 4.74 Å². The number of benzene rings is 1. The van der Waals surface area contributed by atoms with Crippen LogP contribution in [0.1, 0.15) is 39.2 Å². The maximum absolute atomic E-state index is 13.2. The van der Waals surface area contributed by atoms with Gasteiger partial charge < -0.3 is 0 Å². The molecule has 1 fully saturated rings. The molecule has 0 unspecified atom stereocenters. The summed E-state index contributed by atoms with van der Waals surface area (Å²) in [5.41, 5.74) is -0.274. The van der Waals surface area contributed by atoms with Crippen LogP contribution in [0, 0.1) is 0 Å². The summed E-state index contributed by atoms with van der Waals surface area (Å²) in [5.74, 6) is 0. The van der Waals surface area contributed by atoms with Crippen molar-refractivity contribution >= 4 is 18.2 Å². The number of nitrogens with zero attached hydrogens (tertiary/aromatic N) is 3. The van der Waals surface area contributed by atoms with Gasteiger partial charge in [-0.3, -0.25) is 9.65 Å². The van der Waals surface area contributed by atoms with Crippen LogP contribution in [-0.2, 0) is 6.18 Å². The molecule has 3 rings (SSSR count). The molecular weight excluding hydrogens is 370 g/mol. The Bertz CT molecular complexity index is 836. The Labute approximate surface area is 158 Å². The summed E-state index contributed by atoms with van der Waals surface area (Å²) < 4.78 is 47.1.